The Morgan fingerprint density at radius 1 is 0.794 bits per heavy atom. The van der Waals surface area contributed by atoms with Gasteiger partial charge in [-0.1, -0.05) is 6.07 Å². The van der Waals surface area contributed by atoms with Crippen molar-refractivity contribution in [2.24, 2.45) is 0 Å². The summed E-state index contributed by atoms with van der Waals surface area (Å²) in [7, 11) is 1.47. The molecule has 3 amide bonds. The highest BCUT2D eigenvalue weighted by Gasteiger charge is 2.31. The second-order valence-electron chi connectivity index (χ2n) is 6.57. The van der Waals surface area contributed by atoms with Gasteiger partial charge in [0.05, 0.1) is 0 Å². The van der Waals surface area contributed by atoms with Crippen molar-refractivity contribution in [2.45, 2.75) is 6.36 Å². The van der Waals surface area contributed by atoms with Gasteiger partial charge in [0.1, 0.15) is 22.9 Å². The number of alkyl halides is 3. The van der Waals surface area contributed by atoms with E-state index >= 15 is 0 Å². The van der Waals surface area contributed by atoms with Crippen LogP contribution in [0.3, 0.4) is 0 Å². The lowest BCUT2D eigenvalue weighted by molar-refractivity contribution is -0.274. The first kappa shape index (κ1) is 24.0. The lowest BCUT2D eigenvalue weighted by Gasteiger charge is -2.11. The van der Waals surface area contributed by atoms with E-state index < -0.39 is 29.8 Å². The summed E-state index contributed by atoms with van der Waals surface area (Å²) in [6.45, 7) is 0. The molecule has 9 nitrogen and oxygen atoms in total. The Kier molecular flexibility index (Phi) is 7.31. The molecule has 0 atom stereocenters. The number of carbonyl (C=O) groups is 3. The Labute approximate surface area is 190 Å². The minimum absolute atomic E-state index is 0.00323. The van der Waals surface area contributed by atoms with Crippen LogP contribution in [-0.4, -0.2) is 36.1 Å². The van der Waals surface area contributed by atoms with E-state index in [0.717, 1.165) is 24.3 Å². The van der Waals surface area contributed by atoms with Gasteiger partial charge in [0.2, 0.25) is 0 Å². The first-order valence-corrected chi connectivity index (χ1v) is 9.57. The predicted octanol–water partition coefficient (Wildman–Crippen LogP) is 3.21. The zero-order chi connectivity index (χ0) is 24.7. The van der Waals surface area contributed by atoms with Gasteiger partial charge in [-0.15, -0.1) is 13.2 Å². The van der Waals surface area contributed by atoms with E-state index in [1.54, 1.807) is 12.1 Å². The molecule has 0 unspecified atom stereocenters. The fourth-order valence-corrected chi connectivity index (χ4v) is 2.63. The second kappa shape index (κ2) is 10.3. The zero-order valence-electron chi connectivity index (χ0n) is 17.5. The van der Waals surface area contributed by atoms with E-state index in [0.29, 0.717) is 5.75 Å². The molecular weight excluding hydrogens is 457 g/mol. The van der Waals surface area contributed by atoms with Crippen LogP contribution in [0.1, 0.15) is 31.2 Å². The van der Waals surface area contributed by atoms with E-state index in [1.165, 1.54) is 37.5 Å². The van der Waals surface area contributed by atoms with Crippen LogP contribution in [0.15, 0.2) is 66.9 Å². The Morgan fingerprint density at radius 2 is 1.44 bits per heavy atom. The van der Waals surface area contributed by atoms with Crippen molar-refractivity contribution < 1.29 is 37.0 Å². The Hall–Kier alpha value is -4.61. The third-order valence-electron chi connectivity index (χ3n) is 4.16. The number of pyridine rings is 1. The molecule has 0 fully saturated rings. The molecule has 1 heterocycles. The number of ether oxygens (including phenoxy) is 2. The topological polar surface area (TPSA) is 119 Å². The molecule has 0 aliphatic carbocycles. The SMILES string of the molecule is CNC(=O)c1cc(Oc2cccc(C(=O)NNC(=O)c3ccc(OC(F)(F)F)cc3)c2)ccn1. The van der Waals surface area contributed by atoms with Crippen molar-refractivity contribution in [1.29, 1.82) is 0 Å². The number of nitrogens with zero attached hydrogens (tertiary/aromatic N) is 1. The first-order valence-electron chi connectivity index (χ1n) is 9.57. The van der Waals surface area contributed by atoms with Gasteiger partial charge in [0, 0.05) is 30.4 Å². The molecule has 0 saturated carbocycles. The lowest BCUT2D eigenvalue weighted by atomic mass is 10.2. The van der Waals surface area contributed by atoms with Crippen molar-refractivity contribution in [3.8, 4) is 17.2 Å². The van der Waals surface area contributed by atoms with Gasteiger partial charge < -0.3 is 14.8 Å². The highest BCUT2D eigenvalue weighted by atomic mass is 19.4. The van der Waals surface area contributed by atoms with Crippen molar-refractivity contribution in [3.05, 3.63) is 83.7 Å². The zero-order valence-corrected chi connectivity index (χ0v) is 17.5. The minimum atomic E-state index is -4.85. The average Bonchev–Trinajstić information content (AvgIpc) is 2.81. The predicted molar refractivity (Wildman–Crippen MR) is 112 cm³/mol. The molecule has 3 N–H and O–H groups in total. The highest BCUT2D eigenvalue weighted by Crippen LogP contribution is 2.23. The van der Waals surface area contributed by atoms with Gasteiger partial charge in [-0.3, -0.25) is 30.2 Å². The summed E-state index contributed by atoms with van der Waals surface area (Å²) in [6.07, 6.45) is -3.45. The van der Waals surface area contributed by atoms with Crippen LogP contribution in [0.2, 0.25) is 0 Å². The van der Waals surface area contributed by atoms with E-state index in [4.69, 9.17) is 4.74 Å². The number of halogens is 3. The monoisotopic (exact) mass is 474 g/mol. The molecule has 0 saturated heterocycles. The van der Waals surface area contributed by atoms with Crippen molar-refractivity contribution in [2.75, 3.05) is 7.05 Å². The number of benzene rings is 2. The van der Waals surface area contributed by atoms with Gasteiger partial charge >= 0.3 is 6.36 Å². The highest BCUT2D eigenvalue weighted by molar-refractivity contribution is 5.99. The van der Waals surface area contributed by atoms with Crippen molar-refractivity contribution >= 4 is 17.7 Å². The minimum Gasteiger partial charge on any atom is -0.457 e. The largest absolute Gasteiger partial charge is 0.573 e. The first-order chi connectivity index (χ1) is 16.1. The third-order valence-corrected chi connectivity index (χ3v) is 4.16. The standard InChI is InChI=1S/C22H17F3N4O5/c1-26-21(32)18-12-17(9-10-27-18)33-16-4-2-3-14(11-16)20(31)29-28-19(30)13-5-7-15(8-6-13)34-22(23,24)25/h2-12H,1H3,(H,26,32)(H,28,30)(H,29,31). The number of hydrogen-bond donors (Lipinski definition) is 3. The molecular formula is C22H17F3N4O5. The van der Waals surface area contributed by atoms with E-state index in [-0.39, 0.29) is 22.6 Å². The average molecular weight is 474 g/mol. The van der Waals surface area contributed by atoms with Gasteiger partial charge in [-0.25, -0.2) is 0 Å². The fraction of sp³-hybridized carbons (Fsp3) is 0.0909. The molecule has 0 radical (unpaired) electrons. The second-order valence-corrected chi connectivity index (χ2v) is 6.57. The Balaban J connectivity index is 1.60. The maximum Gasteiger partial charge on any atom is 0.573 e. The van der Waals surface area contributed by atoms with Crippen LogP contribution in [0.4, 0.5) is 13.2 Å². The van der Waals surface area contributed by atoms with Crippen LogP contribution in [-0.2, 0) is 0 Å². The lowest BCUT2D eigenvalue weighted by Crippen LogP contribution is -2.41. The van der Waals surface area contributed by atoms with Crippen LogP contribution in [0, 0.1) is 0 Å². The number of hydrazine groups is 1. The third kappa shape index (κ3) is 6.69. The molecule has 12 heteroatoms. The molecule has 0 spiro atoms. The smallest absolute Gasteiger partial charge is 0.457 e. The maximum atomic E-state index is 12.4. The van der Waals surface area contributed by atoms with Crippen LogP contribution >= 0.6 is 0 Å². The maximum absolute atomic E-state index is 12.4. The molecule has 2 aromatic carbocycles. The molecule has 0 aliphatic rings. The van der Waals surface area contributed by atoms with Crippen molar-refractivity contribution in [1.82, 2.24) is 21.2 Å². The number of nitrogens with one attached hydrogen (secondary N) is 3. The molecule has 0 bridgehead atoms. The Morgan fingerprint density at radius 3 is 2.09 bits per heavy atom. The summed E-state index contributed by atoms with van der Waals surface area (Å²) in [5, 5.41) is 2.45. The summed E-state index contributed by atoms with van der Waals surface area (Å²) in [5.74, 6) is -1.70. The van der Waals surface area contributed by atoms with Gasteiger partial charge in [0.15, 0.2) is 0 Å². The molecule has 0 aliphatic heterocycles. The van der Waals surface area contributed by atoms with Gasteiger partial charge in [-0.05, 0) is 48.5 Å². The van der Waals surface area contributed by atoms with Gasteiger partial charge in [-0.2, -0.15) is 0 Å². The summed E-state index contributed by atoms with van der Waals surface area (Å²) in [5.41, 5.74) is 4.66. The molecule has 3 rings (SSSR count). The fourth-order valence-electron chi connectivity index (χ4n) is 2.63. The van der Waals surface area contributed by atoms with Crippen LogP contribution in [0.25, 0.3) is 0 Å². The molecule has 1 aromatic heterocycles. The summed E-state index contributed by atoms with van der Waals surface area (Å²) in [6, 6.07) is 13.1. The number of hydrogen-bond acceptors (Lipinski definition) is 6. The van der Waals surface area contributed by atoms with Gasteiger partial charge in [0.25, 0.3) is 17.7 Å². The summed E-state index contributed by atoms with van der Waals surface area (Å²) >= 11 is 0. The number of carbonyl (C=O) groups excluding carboxylic acids is 3. The molecule has 3 aromatic rings. The summed E-state index contributed by atoms with van der Waals surface area (Å²) < 4.78 is 46.0. The van der Waals surface area contributed by atoms with E-state index in [2.05, 4.69) is 25.9 Å². The normalized spacial score (nSPS) is 10.7. The number of amides is 3. The molecule has 34 heavy (non-hydrogen) atoms. The van der Waals surface area contributed by atoms with Crippen LogP contribution in [0.5, 0.6) is 17.2 Å². The number of aromatic nitrogens is 1. The van der Waals surface area contributed by atoms with E-state index in [9.17, 15) is 27.6 Å². The van der Waals surface area contributed by atoms with Crippen molar-refractivity contribution in [3.63, 3.8) is 0 Å². The quantitative estimate of drug-likeness (QED) is 0.472. The van der Waals surface area contributed by atoms with Crippen LogP contribution < -0.4 is 25.6 Å². The van der Waals surface area contributed by atoms with E-state index in [1.807, 2.05) is 0 Å². The molecule has 176 valence electrons. The number of rotatable bonds is 6. The summed E-state index contributed by atoms with van der Waals surface area (Å²) in [4.78, 5) is 40.2. The Bertz CT molecular complexity index is 1200.